The summed E-state index contributed by atoms with van der Waals surface area (Å²) in [6.07, 6.45) is 0.128. The first-order valence-electron chi connectivity index (χ1n) is 6.86. The Kier molecular flexibility index (Phi) is 4.23. The van der Waals surface area contributed by atoms with E-state index in [4.69, 9.17) is 4.74 Å². The van der Waals surface area contributed by atoms with E-state index in [0.29, 0.717) is 5.56 Å². The quantitative estimate of drug-likeness (QED) is 0.772. The minimum absolute atomic E-state index is 0.0577. The normalized spacial score (nSPS) is 10.7. The van der Waals surface area contributed by atoms with Gasteiger partial charge in [-0.15, -0.1) is 0 Å². The number of hydrogen-bond donors (Lipinski definition) is 0. The van der Waals surface area contributed by atoms with Gasteiger partial charge >= 0.3 is 0 Å². The molecule has 2 nitrogen and oxygen atoms in total. The first kappa shape index (κ1) is 14.3. The third-order valence-electron chi connectivity index (χ3n) is 3.17. The Balaban J connectivity index is 2.39. The number of aryl methyl sites for hydroxylation is 2. The second-order valence-corrected chi connectivity index (χ2v) is 5.29. The van der Waals surface area contributed by atoms with E-state index in [0.717, 1.165) is 22.4 Å². The molecule has 0 amide bonds. The molecule has 0 unspecified atom stereocenters. The van der Waals surface area contributed by atoms with Gasteiger partial charge in [0.25, 0.3) is 0 Å². The van der Waals surface area contributed by atoms with Crippen molar-refractivity contribution < 1.29 is 9.53 Å². The molecule has 2 rings (SSSR count). The average molecular weight is 268 g/mol. The van der Waals surface area contributed by atoms with Crippen LogP contribution in [0.25, 0.3) is 0 Å². The first-order chi connectivity index (χ1) is 9.49. The second-order valence-electron chi connectivity index (χ2n) is 5.29. The molecule has 104 valence electrons. The second kappa shape index (κ2) is 5.91. The number of rotatable bonds is 4. The lowest BCUT2D eigenvalue weighted by atomic mass is 9.97. The lowest BCUT2D eigenvalue weighted by Crippen LogP contribution is -2.09. The van der Waals surface area contributed by atoms with Crippen molar-refractivity contribution in [2.45, 2.75) is 33.8 Å². The van der Waals surface area contributed by atoms with Crippen molar-refractivity contribution in [3.63, 3.8) is 0 Å². The van der Waals surface area contributed by atoms with Crippen LogP contribution in [-0.4, -0.2) is 11.9 Å². The third kappa shape index (κ3) is 3.08. The van der Waals surface area contributed by atoms with Crippen LogP contribution >= 0.6 is 0 Å². The molecule has 0 aliphatic heterocycles. The van der Waals surface area contributed by atoms with E-state index in [1.54, 1.807) is 0 Å². The fourth-order valence-corrected chi connectivity index (χ4v) is 2.16. The van der Waals surface area contributed by atoms with Crippen LogP contribution in [0.4, 0.5) is 0 Å². The fourth-order valence-electron chi connectivity index (χ4n) is 2.16. The summed E-state index contributed by atoms with van der Waals surface area (Å²) in [7, 11) is 0. The summed E-state index contributed by atoms with van der Waals surface area (Å²) in [6, 6.07) is 13.2. The molecule has 0 aromatic heterocycles. The number of ketones is 1. The zero-order chi connectivity index (χ0) is 14.7. The Hall–Kier alpha value is -2.09. The van der Waals surface area contributed by atoms with Crippen LogP contribution in [0.15, 0.2) is 42.5 Å². The number of hydrogen-bond acceptors (Lipinski definition) is 2. The van der Waals surface area contributed by atoms with Crippen molar-refractivity contribution in [3.8, 4) is 5.75 Å². The van der Waals surface area contributed by atoms with Crippen molar-refractivity contribution in [1.82, 2.24) is 0 Å². The Morgan fingerprint density at radius 3 is 2.25 bits per heavy atom. The highest BCUT2D eigenvalue weighted by Gasteiger charge is 2.14. The van der Waals surface area contributed by atoms with Gasteiger partial charge in [0.15, 0.2) is 5.78 Å². The molecule has 0 atom stereocenters. The Morgan fingerprint density at radius 2 is 1.65 bits per heavy atom. The van der Waals surface area contributed by atoms with Crippen molar-refractivity contribution in [1.29, 1.82) is 0 Å². The first-order valence-corrected chi connectivity index (χ1v) is 6.86. The Morgan fingerprint density at radius 1 is 1.00 bits per heavy atom. The molecule has 0 aliphatic rings. The van der Waals surface area contributed by atoms with Gasteiger partial charge in [-0.2, -0.15) is 0 Å². The number of ether oxygens (including phenoxy) is 1. The molecule has 0 heterocycles. The van der Waals surface area contributed by atoms with Crippen LogP contribution < -0.4 is 4.74 Å². The van der Waals surface area contributed by atoms with E-state index >= 15 is 0 Å². The van der Waals surface area contributed by atoms with Crippen molar-refractivity contribution in [2.75, 3.05) is 0 Å². The van der Waals surface area contributed by atoms with Gasteiger partial charge in [-0.05, 0) is 51.0 Å². The van der Waals surface area contributed by atoms with Gasteiger partial charge in [0.1, 0.15) is 5.75 Å². The van der Waals surface area contributed by atoms with E-state index in [1.165, 1.54) is 0 Å². The van der Waals surface area contributed by atoms with Gasteiger partial charge in [0, 0.05) is 11.1 Å². The fraction of sp³-hybridized carbons (Fsp3) is 0.278. The summed E-state index contributed by atoms with van der Waals surface area (Å²) in [6.45, 7) is 7.91. The summed E-state index contributed by atoms with van der Waals surface area (Å²) in [5, 5.41) is 0. The van der Waals surface area contributed by atoms with Crippen molar-refractivity contribution >= 4 is 5.78 Å². The molecule has 0 N–H and O–H groups in total. The highest BCUT2D eigenvalue weighted by molar-refractivity contribution is 6.10. The van der Waals surface area contributed by atoms with E-state index in [-0.39, 0.29) is 11.9 Å². The lowest BCUT2D eigenvalue weighted by Gasteiger charge is -2.15. The molecule has 0 aliphatic carbocycles. The van der Waals surface area contributed by atoms with Gasteiger partial charge in [-0.3, -0.25) is 4.79 Å². The van der Waals surface area contributed by atoms with Gasteiger partial charge in [-0.1, -0.05) is 30.3 Å². The molecule has 20 heavy (non-hydrogen) atoms. The minimum atomic E-state index is 0.0577. The van der Waals surface area contributed by atoms with Crippen LogP contribution in [0.1, 0.15) is 40.9 Å². The van der Waals surface area contributed by atoms with E-state index in [2.05, 4.69) is 0 Å². The predicted molar refractivity (Wildman–Crippen MR) is 81.6 cm³/mol. The van der Waals surface area contributed by atoms with Crippen molar-refractivity contribution in [3.05, 3.63) is 64.7 Å². The molecule has 0 bridgehead atoms. The predicted octanol–water partition coefficient (Wildman–Crippen LogP) is 4.32. The van der Waals surface area contributed by atoms with Crippen LogP contribution in [0.2, 0.25) is 0 Å². The van der Waals surface area contributed by atoms with Gasteiger partial charge in [0.2, 0.25) is 0 Å². The zero-order valence-electron chi connectivity index (χ0n) is 12.4. The van der Waals surface area contributed by atoms with Gasteiger partial charge in [0.05, 0.1) is 6.10 Å². The maximum Gasteiger partial charge on any atom is 0.193 e. The molecule has 2 aromatic rings. The van der Waals surface area contributed by atoms with Gasteiger partial charge < -0.3 is 4.74 Å². The molecule has 0 saturated heterocycles. The number of benzene rings is 2. The molecule has 2 heteroatoms. The Labute approximate surface area is 120 Å². The highest BCUT2D eigenvalue weighted by atomic mass is 16.5. The van der Waals surface area contributed by atoms with Crippen LogP contribution in [0.3, 0.4) is 0 Å². The molecule has 0 fully saturated rings. The molecule has 0 spiro atoms. The summed E-state index contributed by atoms with van der Waals surface area (Å²) >= 11 is 0. The third-order valence-corrected chi connectivity index (χ3v) is 3.17. The van der Waals surface area contributed by atoms with Crippen LogP contribution in [0, 0.1) is 13.8 Å². The maximum atomic E-state index is 12.5. The van der Waals surface area contributed by atoms with Gasteiger partial charge in [-0.25, -0.2) is 0 Å². The SMILES string of the molecule is Cc1cc(C(=O)c2ccccc2)c(C)cc1OC(C)C. The zero-order valence-corrected chi connectivity index (χ0v) is 12.4. The largest absolute Gasteiger partial charge is 0.491 e. The monoisotopic (exact) mass is 268 g/mol. The van der Waals surface area contributed by atoms with Crippen LogP contribution in [-0.2, 0) is 0 Å². The van der Waals surface area contributed by atoms with E-state index in [9.17, 15) is 4.79 Å². The number of carbonyl (C=O) groups is 1. The highest BCUT2D eigenvalue weighted by Crippen LogP contribution is 2.25. The Bertz CT molecular complexity index is 613. The van der Waals surface area contributed by atoms with E-state index < -0.39 is 0 Å². The molecule has 0 radical (unpaired) electrons. The standard InChI is InChI=1S/C18H20O2/c1-12(2)20-17-11-13(3)16(10-14(17)4)18(19)15-8-6-5-7-9-15/h5-12H,1-4H3. The molecular formula is C18H20O2. The van der Waals surface area contributed by atoms with Crippen LogP contribution in [0.5, 0.6) is 5.75 Å². The summed E-state index contributed by atoms with van der Waals surface area (Å²) in [5.74, 6) is 0.907. The van der Waals surface area contributed by atoms with Crippen molar-refractivity contribution in [2.24, 2.45) is 0 Å². The summed E-state index contributed by atoms with van der Waals surface area (Å²) in [5.41, 5.74) is 3.39. The molecular weight excluding hydrogens is 248 g/mol. The van der Waals surface area contributed by atoms with E-state index in [1.807, 2.05) is 70.2 Å². The minimum Gasteiger partial charge on any atom is -0.491 e. The smallest absolute Gasteiger partial charge is 0.193 e. The number of carbonyl (C=O) groups excluding carboxylic acids is 1. The average Bonchev–Trinajstić information content (AvgIpc) is 2.42. The summed E-state index contributed by atoms with van der Waals surface area (Å²) in [4.78, 5) is 12.5. The summed E-state index contributed by atoms with van der Waals surface area (Å²) < 4.78 is 5.75. The maximum absolute atomic E-state index is 12.5. The lowest BCUT2D eigenvalue weighted by molar-refractivity contribution is 0.103. The topological polar surface area (TPSA) is 26.3 Å². The molecule has 0 saturated carbocycles. The molecule has 2 aromatic carbocycles.